The normalized spacial score (nSPS) is 17.3. The van der Waals surface area contributed by atoms with E-state index in [0.717, 1.165) is 48.4 Å². The van der Waals surface area contributed by atoms with Crippen molar-refractivity contribution < 1.29 is 14.8 Å². The van der Waals surface area contributed by atoms with Gasteiger partial charge in [0.1, 0.15) is 18.0 Å². The van der Waals surface area contributed by atoms with Crippen LogP contribution in [0.1, 0.15) is 168 Å². The number of phenolic OH excluding ortho intramolecular Hbond substituents is 2. The summed E-state index contributed by atoms with van der Waals surface area (Å²) in [7, 11) is 4.16. The van der Waals surface area contributed by atoms with Crippen molar-refractivity contribution in [2.45, 2.75) is 175 Å². The first-order valence-electron chi connectivity index (χ1n) is 22.2. The van der Waals surface area contributed by atoms with Crippen molar-refractivity contribution in [2.75, 3.05) is 38.6 Å². The summed E-state index contributed by atoms with van der Waals surface area (Å²) in [5.74, 6) is 0.623. The molecule has 0 aliphatic carbocycles. The van der Waals surface area contributed by atoms with Crippen molar-refractivity contribution >= 4 is 18.1 Å². The molecule has 2 atom stereocenters. The summed E-state index contributed by atoms with van der Waals surface area (Å²) in [6, 6.07) is 12.8. The van der Waals surface area contributed by atoms with Gasteiger partial charge < -0.3 is 15.1 Å². The molecule has 0 unspecified atom stereocenters. The van der Waals surface area contributed by atoms with Crippen LogP contribution in [0, 0.1) is 0 Å². The molecule has 1 aromatic heterocycles. The molecule has 0 amide bonds. The first kappa shape index (κ1) is 47.0. The number of aromatic hydroxyl groups is 2. The lowest BCUT2D eigenvalue weighted by Gasteiger charge is -2.27. The van der Waals surface area contributed by atoms with Gasteiger partial charge in [-0.1, -0.05) is 127 Å². The number of unbranched alkanes of at least 4 members (excludes halogenated alkanes) is 7. The van der Waals surface area contributed by atoms with Crippen molar-refractivity contribution in [3.63, 3.8) is 0 Å². The Bertz CT molecular complexity index is 1730. The van der Waals surface area contributed by atoms with Gasteiger partial charge in [-0.2, -0.15) is 0 Å². The molecule has 3 aromatic rings. The van der Waals surface area contributed by atoms with E-state index in [1.807, 2.05) is 12.4 Å². The Hall–Kier alpha value is -3.71. The number of hydrogen-bond donors (Lipinski definition) is 2. The molecule has 4 rings (SSSR count). The highest BCUT2D eigenvalue weighted by molar-refractivity contribution is 5.86. The number of hydrogen-bond acceptors (Lipinski definition) is 6. The van der Waals surface area contributed by atoms with Gasteiger partial charge in [0.25, 0.3) is 0 Å². The molecule has 320 valence electrons. The molecule has 1 aliphatic heterocycles. The van der Waals surface area contributed by atoms with E-state index in [1.54, 1.807) is 0 Å². The number of aryl methyl sites for hydroxylation is 1. The van der Waals surface area contributed by atoms with Gasteiger partial charge in [0, 0.05) is 86.1 Å². The summed E-state index contributed by atoms with van der Waals surface area (Å²) in [6.45, 7) is 30.0. The van der Waals surface area contributed by atoms with Crippen LogP contribution in [0.15, 0.2) is 58.8 Å². The third-order valence-corrected chi connectivity index (χ3v) is 11.8. The first-order chi connectivity index (χ1) is 26.9. The minimum atomic E-state index is -0.209. The fraction of sp³-hybridized carbons (Fsp3) is 0.627. The van der Waals surface area contributed by atoms with Gasteiger partial charge in [0.2, 0.25) is 0 Å². The Morgan fingerprint density at radius 1 is 0.603 bits per heavy atom. The number of nitrogens with zero attached hydrogens (tertiary/aromatic N) is 5. The summed E-state index contributed by atoms with van der Waals surface area (Å²) in [4.78, 5) is 15.1. The highest BCUT2D eigenvalue weighted by Crippen LogP contribution is 2.39. The topological polar surface area (TPSA) is 75.5 Å². The molecule has 1 aliphatic rings. The lowest BCUT2D eigenvalue weighted by atomic mass is 9.79. The summed E-state index contributed by atoms with van der Waals surface area (Å²) >= 11 is 0. The minimum absolute atomic E-state index is 0.0638. The molecule has 0 radical (unpaired) electrons. The maximum absolute atomic E-state index is 11.5. The van der Waals surface area contributed by atoms with E-state index >= 15 is 0 Å². The van der Waals surface area contributed by atoms with Crippen LogP contribution in [0.4, 0.5) is 5.69 Å². The van der Waals surface area contributed by atoms with Crippen molar-refractivity contribution in [3.8, 4) is 11.5 Å². The Balaban J connectivity index is 1.44. The Morgan fingerprint density at radius 3 is 1.38 bits per heavy atom. The SMILES string of the molecule is CN(C)c1cc[n+](CCCCCCCCCCN2C[C@H](N=Cc3cc(C(C)(C)C)cc(C(C)(C)C)c3O)[C@@H](N=Cc3cc(C(C)(C)C)cc(C(C)(C)C)c3O)C2)cc1. The molecule has 2 heterocycles. The molecule has 2 aromatic carbocycles. The fourth-order valence-corrected chi connectivity index (χ4v) is 7.78. The van der Waals surface area contributed by atoms with Gasteiger partial charge in [0.15, 0.2) is 12.4 Å². The van der Waals surface area contributed by atoms with E-state index in [9.17, 15) is 10.2 Å². The van der Waals surface area contributed by atoms with Crippen LogP contribution in [0.25, 0.3) is 0 Å². The van der Waals surface area contributed by atoms with Crippen molar-refractivity contribution in [1.82, 2.24) is 4.90 Å². The summed E-state index contributed by atoms with van der Waals surface area (Å²) < 4.78 is 2.30. The van der Waals surface area contributed by atoms with Gasteiger partial charge >= 0.3 is 0 Å². The van der Waals surface area contributed by atoms with E-state index in [0.29, 0.717) is 11.5 Å². The average Bonchev–Trinajstić information content (AvgIpc) is 3.51. The second-order valence-electron chi connectivity index (χ2n) is 21.4. The monoisotopic (exact) mass is 795 g/mol. The van der Waals surface area contributed by atoms with Crippen molar-refractivity contribution in [2.24, 2.45) is 9.98 Å². The predicted octanol–water partition coefficient (Wildman–Crippen LogP) is 11.1. The van der Waals surface area contributed by atoms with Crippen LogP contribution in [0.3, 0.4) is 0 Å². The molecule has 0 spiro atoms. The third kappa shape index (κ3) is 13.4. The summed E-state index contributed by atoms with van der Waals surface area (Å²) in [6.07, 6.45) is 18.3. The Kier molecular flexibility index (Phi) is 15.8. The van der Waals surface area contributed by atoms with Gasteiger partial charge in [-0.15, -0.1) is 0 Å². The minimum Gasteiger partial charge on any atom is -0.507 e. The van der Waals surface area contributed by atoms with Crippen LogP contribution >= 0.6 is 0 Å². The number of benzene rings is 2. The van der Waals surface area contributed by atoms with Crippen LogP contribution in [-0.2, 0) is 28.2 Å². The smallest absolute Gasteiger partial charge is 0.170 e. The molecule has 7 nitrogen and oxygen atoms in total. The maximum atomic E-state index is 11.5. The molecule has 0 saturated carbocycles. The number of pyridine rings is 1. The van der Waals surface area contributed by atoms with Gasteiger partial charge in [-0.05, 0) is 64.3 Å². The molecule has 2 N–H and O–H groups in total. The number of aromatic nitrogens is 1. The van der Waals surface area contributed by atoms with E-state index < -0.39 is 0 Å². The van der Waals surface area contributed by atoms with Gasteiger partial charge in [-0.3, -0.25) is 14.9 Å². The average molecular weight is 795 g/mol. The molecule has 1 saturated heterocycles. The zero-order valence-electron chi connectivity index (χ0n) is 39.0. The molecular weight excluding hydrogens is 715 g/mol. The lowest BCUT2D eigenvalue weighted by Crippen LogP contribution is -2.32. The highest BCUT2D eigenvalue weighted by Gasteiger charge is 2.32. The highest BCUT2D eigenvalue weighted by atomic mass is 16.3. The zero-order valence-corrected chi connectivity index (χ0v) is 39.0. The van der Waals surface area contributed by atoms with E-state index in [-0.39, 0.29) is 33.7 Å². The summed E-state index contributed by atoms with van der Waals surface area (Å²) in [5, 5.41) is 23.1. The van der Waals surface area contributed by atoms with Crippen molar-refractivity contribution in [1.29, 1.82) is 0 Å². The van der Waals surface area contributed by atoms with Crippen LogP contribution < -0.4 is 9.47 Å². The van der Waals surface area contributed by atoms with Crippen LogP contribution in [0.2, 0.25) is 0 Å². The largest absolute Gasteiger partial charge is 0.507 e. The van der Waals surface area contributed by atoms with E-state index in [4.69, 9.17) is 9.98 Å². The second-order valence-corrected chi connectivity index (χ2v) is 21.4. The number of phenols is 2. The maximum Gasteiger partial charge on any atom is 0.170 e. The number of anilines is 1. The number of aliphatic imine (C=N–C) groups is 2. The first-order valence-corrected chi connectivity index (χ1v) is 22.2. The Labute approximate surface area is 353 Å². The molecule has 1 fully saturated rings. The second kappa shape index (κ2) is 19.6. The molecule has 58 heavy (non-hydrogen) atoms. The predicted molar refractivity (Wildman–Crippen MR) is 248 cm³/mol. The van der Waals surface area contributed by atoms with Gasteiger partial charge in [0.05, 0.1) is 12.1 Å². The number of rotatable bonds is 16. The Morgan fingerprint density at radius 2 is 1.00 bits per heavy atom. The standard InChI is InChI=1S/C51H79N5O2/c1-48(2,3)39-29-37(46(57)42(31-39)50(7,8)9)33-52-44-35-56(26-22-20-18-16-15-17-19-21-25-55-27-23-41(24-28-55)54(13)14)36-45(44)53-34-38-30-40(49(4,5)6)32-43(47(38)58)51(10,11)12/h23-24,27-34,44-45H,15-22,25-26,35-36H2,1-14H3,(H-,52,53,57,58)/p+1/t44-,45-/m0/s1. The zero-order chi connectivity index (χ0) is 43.1. The van der Waals surface area contributed by atoms with Crippen molar-refractivity contribution in [3.05, 3.63) is 82.2 Å². The van der Waals surface area contributed by atoms with Crippen LogP contribution in [0.5, 0.6) is 11.5 Å². The molecular formula is C51H80N5O2+. The van der Waals surface area contributed by atoms with Gasteiger partial charge in [-0.25, -0.2) is 4.57 Å². The quantitative estimate of drug-likeness (QED) is 0.0860. The number of likely N-dealkylation sites (tertiary alicyclic amines) is 1. The van der Waals surface area contributed by atoms with Crippen LogP contribution in [-0.4, -0.2) is 73.4 Å². The third-order valence-electron chi connectivity index (χ3n) is 11.8. The molecule has 7 heteroatoms. The van der Waals surface area contributed by atoms with E-state index in [1.165, 1.54) is 68.2 Å². The lowest BCUT2D eigenvalue weighted by molar-refractivity contribution is -0.697. The molecule has 0 bridgehead atoms. The fourth-order valence-electron chi connectivity index (χ4n) is 7.78. The summed E-state index contributed by atoms with van der Waals surface area (Å²) in [5.41, 5.74) is 6.48. The van der Waals surface area contributed by atoms with E-state index in [2.05, 4.69) is 160 Å².